The van der Waals surface area contributed by atoms with Gasteiger partial charge in [-0.1, -0.05) is 0 Å². The number of carbonyl (C=O) groups is 1. The summed E-state index contributed by atoms with van der Waals surface area (Å²) in [5.41, 5.74) is 5.35. The molecular weight excluding hydrogens is 230 g/mol. The average molecular weight is 249 g/mol. The summed E-state index contributed by atoms with van der Waals surface area (Å²) in [4.78, 5) is 21.6. The Balaban J connectivity index is 1.72. The molecule has 0 spiro atoms. The number of primary amides is 1. The summed E-state index contributed by atoms with van der Waals surface area (Å²) >= 11 is 0. The van der Waals surface area contributed by atoms with Crippen LogP contribution in [0.2, 0.25) is 0 Å². The number of hydrogen-bond donors (Lipinski definition) is 2. The number of hydrogen-bond acceptors (Lipinski definition) is 5. The fraction of sp³-hybridized carbons (Fsp3) is 0.583. The molecule has 0 aliphatic carbocycles. The third kappa shape index (κ3) is 3.66. The van der Waals surface area contributed by atoms with E-state index in [9.17, 15) is 4.79 Å². The first-order valence-corrected chi connectivity index (χ1v) is 6.28. The number of likely N-dealkylation sites (tertiary alicyclic amines) is 1. The summed E-state index contributed by atoms with van der Waals surface area (Å²) in [6, 6.07) is 1.78. The van der Waals surface area contributed by atoms with Gasteiger partial charge in [0.25, 0.3) is 0 Å². The summed E-state index contributed by atoms with van der Waals surface area (Å²) < 4.78 is 0. The van der Waals surface area contributed by atoms with Gasteiger partial charge in [-0.3, -0.25) is 4.79 Å². The molecule has 1 aromatic heterocycles. The van der Waals surface area contributed by atoms with Crippen molar-refractivity contribution in [3.8, 4) is 0 Å². The van der Waals surface area contributed by atoms with Crippen molar-refractivity contribution in [3.05, 3.63) is 18.5 Å². The molecule has 1 fully saturated rings. The maximum absolute atomic E-state index is 11.2. The van der Waals surface area contributed by atoms with Crippen LogP contribution in [-0.2, 0) is 4.79 Å². The van der Waals surface area contributed by atoms with Gasteiger partial charge in [0, 0.05) is 32.0 Å². The van der Waals surface area contributed by atoms with Gasteiger partial charge in [0.1, 0.15) is 0 Å². The number of nitrogens with two attached hydrogens (primary N) is 1. The van der Waals surface area contributed by atoms with Crippen molar-refractivity contribution in [2.24, 2.45) is 11.7 Å². The zero-order valence-electron chi connectivity index (χ0n) is 10.4. The molecule has 0 bridgehead atoms. The SMILES string of the molecule is NC(=O)C1CCCN(CCNc2ncccn2)C1. The van der Waals surface area contributed by atoms with E-state index in [1.807, 2.05) is 0 Å². The van der Waals surface area contributed by atoms with E-state index in [4.69, 9.17) is 5.73 Å². The molecule has 1 aliphatic rings. The quantitative estimate of drug-likeness (QED) is 0.772. The Kier molecular flexibility index (Phi) is 4.46. The number of nitrogens with zero attached hydrogens (tertiary/aromatic N) is 3. The molecule has 1 aromatic rings. The second kappa shape index (κ2) is 6.30. The number of nitrogens with one attached hydrogen (secondary N) is 1. The van der Waals surface area contributed by atoms with Crippen LogP contribution < -0.4 is 11.1 Å². The summed E-state index contributed by atoms with van der Waals surface area (Å²) in [6.07, 6.45) is 5.37. The number of aromatic nitrogens is 2. The molecule has 1 aliphatic heterocycles. The topological polar surface area (TPSA) is 84.1 Å². The van der Waals surface area contributed by atoms with Gasteiger partial charge in [-0.05, 0) is 25.5 Å². The van der Waals surface area contributed by atoms with Crippen LogP contribution in [0.5, 0.6) is 0 Å². The minimum absolute atomic E-state index is 0.00623. The van der Waals surface area contributed by atoms with Crippen LogP contribution in [0.1, 0.15) is 12.8 Å². The second-order valence-electron chi connectivity index (χ2n) is 4.54. The van der Waals surface area contributed by atoms with E-state index >= 15 is 0 Å². The third-order valence-corrected chi connectivity index (χ3v) is 3.18. The van der Waals surface area contributed by atoms with Crippen LogP contribution in [-0.4, -0.2) is 47.0 Å². The van der Waals surface area contributed by atoms with E-state index in [0.29, 0.717) is 5.95 Å². The van der Waals surface area contributed by atoms with Crippen molar-refractivity contribution in [1.82, 2.24) is 14.9 Å². The van der Waals surface area contributed by atoms with Crippen LogP contribution in [0.15, 0.2) is 18.5 Å². The van der Waals surface area contributed by atoms with Gasteiger partial charge < -0.3 is 16.0 Å². The minimum Gasteiger partial charge on any atom is -0.369 e. The van der Waals surface area contributed by atoms with Gasteiger partial charge in [-0.25, -0.2) is 9.97 Å². The van der Waals surface area contributed by atoms with Gasteiger partial charge in [0.15, 0.2) is 0 Å². The predicted octanol–water partition coefficient (Wildman–Crippen LogP) is 0.0858. The first-order valence-electron chi connectivity index (χ1n) is 6.28. The number of anilines is 1. The molecule has 18 heavy (non-hydrogen) atoms. The Hall–Kier alpha value is -1.69. The lowest BCUT2D eigenvalue weighted by Gasteiger charge is -2.31. The van der Waals surface area contributed by atoms with Crippen molar-refractivity contribution in [2.45, 2.75) is 12.8 Å². The second-order valence-corrected chi connectivity index (χ2v) is 4.54. The summed E-state index contributed by atoms with van der Waals surface area (Å²) in [5, 5.41) is 3.16. The molecule has 0 aromatic carbocycles. The maximum atomic E-state index is 11.2. The molecule has 98 valence electrons. The standard InChI is InChI=1S/C12H19N5O/c13-11(18)10-3-1-7-17(9-10)8-6-16-12-14-4-2-5-15-12/h2,4-5,10H,1,3,6-9H2,(H2,13,18)(H,14,15,16). The molecule has 0 radical (unpaired) electrons. The number of piperidine rings is 1. The van der Waals surface area contributed by atoms with E-state index in [1.54, 1.807) is 18.5 Å². The Morgan fingerprint density at radius 3 is 3.00 bits per heavy atom. The van der Waals surface area contributed by atoms with E-state index in [2.05, 4.69) is 20.2 Å². The van der Waals surface area contributed by atoms with Crippen molar-refractivity contribution in [3.63, 3.8) is 0 Å². The third-order valence-electron chi connectivity index (χ3n) is 3.18. The Morgan fingerprint density at radius 2 is 2.28 bits per heavy atom. The number of rotatable bonds is 5. The lowest BCUT2D eigenvalue weighted by Crippen LogP contribution is -2.42. The maximum Gasteiger partial charge on any atom is 0.222 e. The van der Waals surface area contributed by atoms with Gasteiger partial charge in [-0.15, -0.1) is 0 Å². The number of carbonyl (C=O) groups excluding carboxylic acids is 1. The molecule has 0 saturated carbocycles. The van der Waals surface area contributed by atoms with E-state index in [1.165, 1.54) is 0 Å². The van der Waals surface area contributed by atoms with Crippen LogP contribution >= 0.6 is 0 Å². The highest BCUT2D eigenvalue weighted by atomic mass is 16.1. The molecule has 6 heteroatoms. The highest BCUT2D eigenvalue weighted by molar-refractivity contribution is 5.76. The molecule has 2 heterocycles. The molecule has 3 N–H and O–H groups in total. The smallest absolute Gasteiger partial charge is 0.222 e. The average Bonchev–Trinajstić information content (AvgIpc) is 2.40. The summed E-state index contributed by atoms with van der Waals surface area (Å²) in [6.45, 7) is 3.45. The Bertz CT molecular complexity index is 383. The van der Waals surface area contributed by atoms with Crippen molar-refractivity contribution >= 4 is 11.9 Å². The first-order chi connectivity index (χ1) is 8.75. The Labute approximate surface area is 107 Å². The molecule has 1 amide bonds. The van der Waals surface area contributed by atoms with Crippen LogP contribution in [0.25, 0.3) is 0 Å². The van der Waals surface area contributed by atoms with E-state index in [-0.39, 0.29) is 11.8 Å². The predicted molar refractivity (Wildman–Crippen MR) is 68.9 cm³/mol. The van der Waals surface area contributed by atoms with Crippen molar-refractivity contribution in [2.75, 3.05) is 31.5 Å². The van der Waals surface area contributed by atoms with Crippen LogP contribution in [0.4, 0.5) is 5.95 Å². The van der Waals surface area contributed by atoms with Crippen molar-refractivity contribution in [1.29, 1.82) is 0 Å². The summed E-state index contributed by atoms with van der Waals surface area (Å²) in [7, 11) is 0. The zero-order valence-corrected chi connectivity index (χ0v) is 10.4. The van der Waals surface area contributed by atoms with E-state index in [0.717, 1.165) is 39.0 Å². The molecule has 1 atom stereocenters. The van der Waals surface area contributed by atoms with Gasteiger partial charge >= 0.3 is 0 Å². The molecule has 6 nitrogen and oxygen atoms in total. The molecule has 1 unspecified atom stereocenters. The number of amides is 1. The highest BCUT2D eigenvalue weighted by Gasteiger charge is 2.23. The van der Waals surface area contributed by atoms with Gasteiger partial charge in [0.2, 0.25) is 11.9 Å². The lowest BCUT2D eigenvalue weighted by molar-refractivity contribution is -0.123. The Morgan fingerprint density at radius 1 is 1.50 bits per heavy atom. The van der Waals surface area contributed by atoms with Crippen LogP contribution in [0.3, 0.4) is 0 Å². The first kappa shape index (κ1) is 12.8. The fourth-order valence-corrected chi connectivity index (χ4v) is 2.21. The monoisotopic (exact) mass is 249 g/mol. The normalized spacial score (nSPS) is 20.6. The van der Waals surface area contributed by atoms with Crippen molar-refractivity contribution < 1.29 is 4.79 Å². The van der Waals surface area contributed by atoms with Gasteiger partial charge in [0.05, 0.1) is 5.92 Å². The largest absolute Gasteiger partial charge is 0.369 e. The van der Waals surface area contributed by atoms with Gasteiger partial charge in [-0.2, -0.15) is 0 Å². The van der Waals surface area contributed by atoms with E-state index < -0.39 is 0 Å². The zero-order chi connectivity index (χ0) is 12.8. The fourth-order valence-electron chi connectivity index (χ4n) is 2.21. The highest BCUT2D eigenvalue weighted by Crippen LogP contribution is 2.15. The minimum atomic E-state index is -0.181. The molecule has 2 rings (SSSR count). The molecule has 1 saturated heterocycles. The van der Waals surface area contributed by atoms with Crippen LogP contribution in [0, 0.1) is 5.92 Å². The molecular formula is C12H19N5O. The summed E-state index contributed by atoms with van der Waals surface area (Å²) in [5.74, 6) is 0.465. The lowest BCUT2D eigenvalue weighted by atomic mass is 9.97.